The molecule has 1 atom stereocenters. The molecule has 2 amide bonds. The molecule has 3 aromatic rings. The summed E-state index contributed by atoms with van der Waals surface area (Å²) in [5, 5.41) is 3.10. The summed E-state index contributed by atoms with van der Waals surface area (Å²) in [6.07, 6.45) is 1.54. The summed E-state index contributed by atoms with van der Waals surface area (Å²) in [4.78, 5) is 39.4. The van der Waals surface area contributed by atoms with Crippen LogP contribution in [0.5, 0.6) is 5.88 Å². The quantitative estimate of drug-likeness (QED) is 0.407. The molecule has 1 aromatic heterocycles. The summed E-state index contributed by atoms with van der Waals surface area (Å²) >= 11 is 0. The molecule has 4 bridgehead atoms. The lowest BCUT2D eigenvalue weighted by atomic mass is 9.97. The van der Waals surface area contributed by atoms with Gasteiger partial charge in [-0.25, -0.2) is 22.9 Å². The minimum absolute atomic E-state index is 0.0740. The van der Waals surface area contributed by atoms with Gasteiger partial charge in [0.15, 0.2) is 5.72 Å². The third kappa shape index (κ3) is 7.36. The molecule has 12 nitrogen and oxygen atoms in total. The van der Waals surface area contributed by atoms with E-state index >= 15 is 0 Å². The number of sulfonamides is 1. The molecule has 2 N–H and O–H groups in total. The van der Waals surface area contributed by atoms with Gasteiger partial charge in [0.05, 0.1) is 10.6 Å². The summed E-state index contributed by atoms with van der Waals surface area (Å²) in [5.74, 6) is -0.106. The first-order chi connectivity index (χ1) is 22.2. The number of aryl methyl sites for hydroxylation is 2. The lowest BCUT2D eigenvalue weighted by Gasteiger charge is -2.42. The van der Waals surface area contributed by atoms with Crippen LogP contribution in [0.4, 0.5) is 10.7 Å². The maximum atomic E-state index is 13.6. The van der Waals surface area contributed by atoms with Crippen molar-refractivity contribution in [3.63, 3.8) is 0 Å². The van der Waals surface area contributed by atoms with E-state index < -0.39 is 27.3 Å². The fraction of sp³-hybridized carbons (Fsp3) is 0.471. The highest BCUT2D eigenvalue weighted by Crippen LogP contribution is 2.34. The molecule has 2 aromatic carbocycles. The van der Waals surface area contributed by atoms with Crippen molar-refractivity contribution in [2.75, 3.05) is 37.4 Å². The number of benzene rings is 2. The van der Waals surface area contributed by atoms with Crippen LogP contribution in [0.2, 0.25) is 0 Å². The highest BCUT2D eigenvalue weighted by Gasteiger charge is 2.41. The second kappa shape index (κ2) is 12.4. The molecule has 3 aliphatic rings. The number of ether oxygens (including phenoxy) is 2. The first kappa shape index (κ1) is 32.7. The van der Waals surface area contributed by atoms with Crippen molar-refractivity contribution in [2.45, 2.75) is 70.1 Å². The molecule has 13 heteroatoms. The zero-order valence-corrected chi connectivity index (χ0v) is 28.3. The van der Waals surface area contributed by atoms with E-state index in [0.717, 1.165) is 29.7 Å². The molecule has 0 aliphatic carbocycles. The van der Waals surface area contributed by atoms with Crippen molar-refractivity contribution in [3.8, 4) is 17.1 Å². The van der Waals surface area contributed by atoms with Gasteiger partial charge in [-0.15, -0.1) is 0 Å². The Morgan fingerprint density at radius 2 is 1.74 bits per heavy atom. The Bertz CT molecular complexity index is 1780. The van der Waals surface area contributed by atoms with Gasteiger partial charge in [-0.3, -0.25) is 4.79 Å². The number of likely N-dealkylation sites (tertiary alicyclic amines) is 2. The number of piperidine rings is 1. The highest BCUT2D eigenvalue weighted by molar-refractivity contribution is 7.92. The molecular formula is C34H42N6O6S. The molecule has 47 heavy (non-hydrogen) atoms. The van der Waals surface area contributed by atoms with Gasteiger partial charge in [0.25, 0.3) is 15.9 Å². The van der Waals surface area contributed by atoms with Gasteiger partial charge in [0.1, 0.15) is 5.60 Å². The first-order valence-corrected chi connectivity index (χ1v) is 17.5. The van der Waals surface area contributed by atoms with Gasteiger partial charge < -0.3 is 24.6 Å². The van der Waals surface area contributed by atoms with Crippen LogP contribution in [0.3, 0.4) is 0 Å². The summed E-state index contributed by atoms with van der Waals surface area (Å²) in [5.41, 5.74) is 1.83. The highest BCUT2D eigenvalue weighted by atomic mass is 32.2. The van der Waals surface area contributed by atoms with Gasteiger partial charge >= 0.3 is 6.09 Å². The fourth-order valence-corrected chi connectivity index (χ4v) is 7.51. The molecule has 0 radical (unpaired) electrons. The van der Waals surface area contributed by atoms with Crippen LogP contribution < -0.4 is 14.8 Å². The topological polar surface area (TPSA) is 143 Å². The molecule has 6 rings (SSSR count). The van der Waals surface area contributed by atoms with Crippen molar-refractivity contribution >= 4 is 28.0 Å². The number of amides is 2. The van der Waals surface area contributed by atoms with E-state index in [1.165, 1.54) is 18.2 Å². The maximum absolute atomic E-state index is 13.6. The lowest BCUT2D eigenvalue weighted by Crippen LogP contribution is -2.59. The zero-order chi connectivity index (χ0) is 33.6. The summed E-state index contributed by atoms with van der Waals surface area (Å²) < 4.78 is 41.4. The summed E-state index contributed by atoms with van der Waals surface area (Å²) in [6, 6.07) is 13.5. The molecule has 2 fully saturated rings. The van der Waals surface area contributed by atoms with E-state index in [-0.39, 0.29) is 28.4 Å². The minimum Gasteiger partial charge on any atom is -0.451 e. The van der Waals surface area contributed by atoms with Crippen LogP contribution in [0.15, 0.2) is 53.4 Å². The van der Waals surface area contributed by atoms with E-state index in [2.05, 4.69) is 24.9 Å². The van der Waals surface area contributed by atoms with E-state index in [4.69, 9.17) is 9.47 Å². The zero-order valence-electron chi connectivity index (χ0n) is 27.5. The number of hydrogen-bond donors (Lipinski definition) is 2. The van der Waals surface area contributed by atoms with Gasteiger partial charge in [0.2, 0.25) is 11.8 Å². The number of anilines is 1. The smallest absolute Gasteiger partial charge is 0.410 e. The number of rotatable bonds is 3. The average molecular weight is 663 g/mol. The van der Waals surface area contributed by atoms with Crippen LogP contribution in [0, 0.1) is 19.8 Å². The molecular weight excluding hydrogens is 620 g/mol. The predicted octanol–water partition coefficient (Wildman–Crippen LogP) is 4.73. The SMILES string of the molecule is Cc1cccc(C)c1-c1cc2nc(n1)NS(=O)(=O)c1cccc(c1)C(=O)NC1(CCN(CC3CCN(C(=O)OC(C)(C)C)C3)CC1)O2. The van der Waals surface area contributed by atoms with Crippen LogP contribution >= 0.6 is 0 Å². The van der Waals surface area contributed by atoms with E-state index in [1.54, 1.807) is 17.0 Å². The third-order valence-electron chi connectivity index (χ3n) is 8.83. The summed E-state index contributed by atoms with van der Waals surface area (Å²) in [6.45, 7) is 12.9. The Hall–Kier alpha value is -4.23. The summed E-state index contributed by atoms with van der Waals surface area (Å²) in [7, 11) is -4.11. The van der Waals surface area contributed by atoms with Crippen molar-refractivity contribution in [2.24, 2.45) is 5.92 Å². The van der Waals surface area contributed by atoms with Crippen LogP contribution in [-0.2, 0) is 14.8 Å². The maximum Gasteiger partial charge on any atom is 0.410 e. The number of aromatic nitrogens is 2. The van der Waals surface area contributed by atoms with Gasteiger partial charge in [0, 0.05) is 62.8 Å². The Morgan fingerprint density at radius 3 is 2.45 bits per heavy atom. The standard InChI is InChI=1S/C34H42N6O6S/c1-22-8-6-9-23(2)29(22)27-19-28-36-31(35-27)38-47(43,44)26-11-7-10-25(18-26)30(41)37-34(45-28)13-16-39(17-14-34)20-24-12-15-40(21-24)32(42)46-33(3,4)5/h6-11,18-19,24H,12-17,20-21H2,1-5H3,(H,37,41)(H,35,36,38). The molecule has 0 saturated carbocycles. The Labute approximate surface area is 275 Å². The normalized spacial score (nSPS) is 20.7. The van der Waals surface area contributed by atoms with Crippen LogP contribution in [0.25, 0.3) is 11.3 Å². The van der Waals surface area contributed by atoms with Crippen LogP contribution in [-0.4, -0.2) is 84.2 Å². The van der Waals surface area contributed by atoms with E-state index in [9.17, 15) is 18.0 Å². The molecule has 1 unspecified atom stereocenters. The Kier molecular flexibility index (Phi) is 8.64. The number of carbonyl (C=O) groups excluding carboxylic acids is 2. The molecule has 2 saturated heterocycles. The average Bonchev–Trinajstić information content (AvgIpc) is 3.46. The van der Waals surface area contributed by atoms with Crippen molar-refractivity contribution in [1.29, 1.82) is 0 Å². The second-order valence-electron chi connectivity index (χ2n) is 13.7. The van der Waals surface area contributed by atoms with Crippen LogP contribution in [0.1, 0.15) is 61.5 Å². The Morgan fingerprint density at radius 1 is 1.04 bits per heavy atom. The van der Waals surface area contributed by atoms with E-state index in [0.29, 0.717) is 50.6 Å². The molecule has 250 valence electrons. The number of nitrogens with one attached hydrogen (secondary N) is 2. The Balaban J connectivity index is 1.27. The number of fused-ring (bicyclic) bond motifs is 4. The number of hydrogen-bond acceptors (Lipinski definition) is 9. The second-order valence-corrected chi connectivity index (χ2v) is 15.4. The molecule has 3 aliphatic heterocycles. The molecule has 1 spiro atoms. The monoisotopic (exact) mass is 662 g/mol. The van der Waals surface area contributed by atoms with Crippen molar-refractivity contribution in [1.82, 2.24) is 25.1 Å². The van der Waals surface area contributed by atoms with Crippen molar-refractivity contribution < 1.29 is 27.5 Å². The third-order valence-corrected chi connectivity index (χ3v) is 10.2. The fourth-order valence-electron chi connectivity index (χ4n) is 6.52. The van der Waals surface area contributed by atoms with Gasteiger partial charge in [-0.1, -0.05) is 24.3 Å². The van der Waals surface area contributed by atoms with E-state index in [1.807, 2.05) is 52.8 Å². The van der Waals surface area contributed by atoms with Gasteiger partial charge in [-0.05, 0) is 76.3 Å². The minimum atomic E-state index is -4.11. The lowest BCUT2D eigenvalue weighted by molar-refractivity contribution is -0.0265. The van der Waals surface area contributed by atoms with Crippen molar-refractivity contribution in [3.05, 3.63) is 65.2 Å². The first-order valence-electron chi connectivity index (χ1n) is 16.0. The number of nitrogens with zero attached hydrogens (tertiary/aromatic N) is 4. The predicted molar refractivity (Wildman–Crippen MR) is 177 cm³/mol. The van der Waals surface area contributed by atoms with Gasteiger partial charge in [-0.2, -0.15) is 4.98 Å². The molecule has 4 heterocycles. The number of carbonyl (C=O) groups is 2. The largest absolute Gasteiger partial charge is 0.451 e.